The number of carbonyl (C=O) groups is 1. The third-order valence-corrected chi connectivity index (χ3v) is 12.1. The van der Waals surface area contributed by atoms with Gasteiger partial charge in [-0.2, -0.15) is 0 Å². The van der Waals surface area contributed by atoms with Crippen LogP contribution in [0.25, 0.3) is 0 Å². The van der Waals surface area contributed by atoms with Crippen LogP contribution in [0.4, 0.5) is 0 Å². The Kier molecular flexibility index (Phi) is 46.0. The fourth-order valence-electron chi connectivity index (χ4n) is 8.13. The SMILES string of the molecule is CCCCCCCCCCCCCCCC/C=C/C(O)C(CO)NC(=O)C(O)CCCCCCCCCCCCCCCCCCCCCCCCCCCC. The highest BCUT2D eigenvalue weighted by Crippen LogP contribution is 2.17. The molecule has 5 nitrogen and oxygen atoms in total. The van der Waals surface area contributed by atoms with Gasteiger partial charge in [0.05, 0.1) is 18.8 Å². The number of rotatable bonds is 47. The molecule has 0 aliphatic rings. The van der Waals surface area contributed by atoms with Gasteiger partial charge in [-0.3, -0.25) is 4.79 Å². The van der Waals surface area contributed by atoms with Crippen LogP contribution in [0, 0.1) is 0 Å². The van der Waals surface area contributed by atoms with Gasteiger partial charge in [-0.25, -0.2) is 0 Å². The van der Waals surface area contributed by atoms with Crippen LogP contribution in [0.2, 0.25) is 0 Å². The third kappa shape index (κ3) is 41.3. The first-order valence-corrected chi connectivity index (χ1v) is 25.5. The van der Waals surface area contributed by atoms with E-state index in [1.807, 2.05) is 6.08 Å². The van der Waals surface area contributed by atoms with Crippen LogP contribution in [0.1, 0.15) is 284 Å². The highest BCUT2D eigenvalue weighted by Gasteiger charge is 2.22. The van der Waals surface area contributed by atoms with Crippen molar-refractivity contribution in [2.45, 2.75) is 302 Å². The number of unbranched alkanes of at least 4 members (excludes halogenated alkanes) is 39. The summed E-state index contributed by atoms with van der Waals surface area (Å²) in [4.78, 5) is 12.5. The number of amides is 1. The second kappa shape index (κ2) is 46.8. The highest BCUT2D eigenvalue weighted by molar-refractivity contribution is 5.80. The van der Waals surface area contributed by atoms with Gasteiger partial charge in [-0.05, 0) is 19.3 Å². The maximum Gasteiger partial charge on any atom is 0.249 e. The van der Waals surface area contributed by atoms with Crippen molar-refractivity contribution in [3.05, 3.63) is 12.2 Å². The predicted octanol–water partition coefficient (Wildman–Crippen LogP) is 15.2. The molecule has 0 saturated heterocycles. The van der Waals surface area contributed by atoms with Gasteiger partial charge in [-0.15, -0.1) is 0 Å². The zero-order valence-electron chi connectivity index (χ0n) is 38.0. The number of carbonyl (C=O) groups excluding carboxylic acids is 1. The average molecular weight is 792 g/mol. The maximum atomic E-state index is 12.5. The van der Waals surface area contributed by atoms with E-state index in [1.165, 1.54) is 231 Å². The van der Waals surface area contributed by atoms with E-state index in [-0.39, 0.29) is 6.61 Å². The Hall–Kier alpha value is -0.910. The molecule has 0 aliphatic heterocycles. The second-order valence-corrected chi connectivity index (χ2v) is 17.7. The Morgan fingerprint density at radius 2 is 0.696 bits per heavy atom. The molecule has 0 aliphatic carbocycles. The Morgan fingerprint density at radius 3 is 0.982 bits per heavy atom. The van der Waals surface area contributed by atoms with Crippen molar-refractivity contribution >= 4 is 5.91 Å². The standard InChI is InChI=1S/C51H101NO4/c1-3-5-7-9-11-13-15-17-19-21-22-23-24-25-26-27-28-29-30-32-34-36-38-40-42-44-46-50(55)51(56)52-48(47-53)49(54)45-43-41-39-37-35-33-31-20-18-16-14-12-10-8-6-4-2/h43,45,48-50,53-55H,3-42,44,46-47H2,1-2H3,(H,52,56)/b45-43+. The van der Waals surface area contributed by atoms with Gasteiger partial charge < -0.3 is 20.6 Å². The molecule has 56 heavy (non-hydrogen) atoms. The third-order valence-electron chi connectivity index (χ3n) is 12.1. The van der Waals surface area contributed by atoms with Gasteiger partial charge in [0, 0.05) is 0 Å². The molecule has 0 fully saturated rings. The molecule has 0 aromatic heterocycles. The summed E-state index contributed by atoms with van der Waals surface area (Å²) in [5.74, 6) is -0.497. The molecule has 0 saturated carbocycles. The molecular weight excluding hydrogens is 691 g/mol. The van der Waals surface area contributed by atoms with Gasteiger partial charge >= 0.3 is 0 Å². The lowest BCUT2D eigenvalue weighted by molar-refractivity contribution is -0.131. The Morgan fingerprint density at radius 1 is 0.429 bits per heavy atom. The summed E-state index contributed by atoms with van der Waals surface area (Å²) in [5, 5.41) is 33.3. The minimum atomic E-state index is -1.09. The quantitative estimate of drug-likeness (QED) is 0.0365. The maximum absolute atomic E-state index is 12.5. The summed E-state index contributed by atoms with van der Waals surface area (Å²) in [6, 6.07) is -0.793. The normalized spacial score (nSPS) is 13.4. The van der Waals surface area contributed by atoms with Crippen molar-refractivity contribution in [2.24, 2.45) is 0 Å². The van der Waals surface area contributed by atoms with Gasteiger partial charge in [0.2, 0.25) is 5.91 Å². The molecule has 4 N–H and O–H groups in total. The molecule has 0 rings (SSSR count). The van der Waals surface area contributed by atoms with Crippen molar-refractivity contribution < 1.29 is 20.1 Å². The first kappa shape index (κ1) is 55.1. The first-order chi connectivity index (χ1) is 27.6. The molecule has 1 amide bonds. The minimum Gasteiger partial charge on any atom is -0.394 e. The largest absolute Gasteiger partial charge is 0.394 e. The highest BCUT2D eigenvalue weighted by atomic mass is 16.3. The van der Waals surface area contributed by atoms with Crippen LogP contribution in [0.5, 0.6) is 0 Å². The van der Waals surface area contributed by atoms with Crippen LogP contribution in [0.3, 0.4) is 0 Å². The smallest absolute Gasteiger partial charge is 0.249 e. The molecule has 0 heterocycles. The molecule has 0 spiro atoms. The van der Waals surface area contributed by atoms with E-state index in [4.69, 9.17) is 0 Å². The Balaban J connectivity index is 3.54. The minimum absolute atomic E-state index is 0.359. The number of aliphatic hydroxyl groups is 3. The first-order valence-electron chi connectivity index (χ1n) is 25.5. The van der Waals surface area contributed by atoms with E-state index < -0.39 is 24.2 Å². The fourth-order valence-corrected chi connectivity index (χ4v) is 8.13. The summed E-state index contributed by atoms with van der Waals surface area (Å²) >= 11 is 0. The molecule has 0 aromatic rings. The van der Waals surface area contributed by atoms with Crippen molar-refractivity contribution in [1.29, 1.82) is 0 Å². The topological polar surface area (TPSA) is 89.8 Å². The van der Waals surface area contributed by atoms with Crippen molar-refractivity contribution in [3.63, 3.8) is 0 Å². The number of aliphatic hydroxyl groups excluding tert-OH is 3. The van der Waals surface area contributed by atoms with Crippen LogP contribution in [-0.4, -0.2) is 46.1 Å². The summed E-state index contributed by atoms with van der Waals surface area (Å²) in [5.41, 5.74) is 0. The molecular formula is C51H101NO4. The van der Waals surface area contributed by atoms with Crippen LogP contribution in [0.15, 0.2) is 12.2 Å². The molecule has 334 valence electrons. The Labute approximate surface area is 350 Å². The molecule has 0 bridgehead atoms. The van der Waals surface area contributed by atoms with Crippen molar-refractivity contribution in [1.82, 2.24) is 5.32 Å². The number of nitrogens with one attached hydrogen (secondary N) is 1. The van der Waals surface area contributed by atoms with E-state index in [1.54, 1.807) is 6.08 Å². The average Bonchev–Trinajstić information content (AvgIpc) is 3.20. The van der Waals surface area contributed by atoms with E-state index in [0.29, 0.717) is 6.42 Å². The number of allylic oxidation sites excluding steroid dienone is 1. The lowest BCUT2D eigenvalue weighted by Gasteiger charge is -2.21. The molecule has 3 unspecified atom stereocenters. The lowest BCUT2D eigenvalue weighted by atomic mass is 10.0. The van der Waals surface area contributed by atoms with Gasteiger partial charge in [-0.1, -0.05) is 276 Å². The van der Waals surface area contributed by atoms with Gasteiger partial charge in [0.15, 0.2) is 0 Å². The van der Waals surface area contributed by atoms with E-state index in [9.17, 15) is 20.1 Å². The fraction of sp³-hybridized carbons (Fsp3) is 0.941. The Bertz CT molecular complexity index is 788. The van der Waals surface area contributed by atoms with Crippen molar-refractivity contribution in [2.75, 3.05) is 6.61 Å². The van der Waals surface area contributed by atoms with Crippen molar-refractivity contribution in [3.8, 4) is 0 Å². The summed E-state index contributed by atoms with van der Waals surface area (Å²) < 4.78 is 0. The molecule has 0 radical (unpaired) electrons. The lowest BCUT2D eigenvalue weighted by Crippen LogP contribution is -2.48. The predicted molar refractivity (Wildman–Crippen MR) is 245 cm³/mol. The molecule has 3 atom stereocenters. The van der Waals surface area contributed by atoms with E-state index in [0.717, 1.165) is 32.1 Å². The number of hydrogen-bond donors (Lipinski definition) is 4. The van der Waals surface area contributed by atoms with Crippen LogP contribution >= 0.6 is 0 Å². The van der Waals surface area contributed by atoms with E-state index in [2.05, 4.69) is 19.2 Å². The van der Waals surface area contributed by atoms with Gasteiger partial charge in [0.25, 0.3) is 0 Å². The molecule has 0 aromatic carbocycles. The van der Waals surface area contributed by atoms with Crippen LogP contribution < -0.4 is 5.32 Å². The summed E-state index contributed by atoms with van der Waals surface area (Å²) in [7, 11) is 0. The number of hydrogen-bond acceptors (Lipinski definition) is 4. The second-order valence-electron chi connectivity index (χ2n) is 17.7. The zero-order chi connectivity index (χ0) is 40.8. The summed E-state index contributed by atoms with van der Waals surface area (Å²) in [6.07, 6.45) is 57.0. The van der Waals surface area contributed by atoms with Crippen LogP contribution in [-0.2, 0) is 4.79 Å². The van der Waals surface area contributed by atoms with Gasteiger partial charge in [0.1, 0.15) is 6.10 Å². The van der Waals surface area contributed by atoms with E-state index >= 15 is 0 Å². The summed E-state index contributed by atoms with van der Waals surface area (Å²) in [6.45, 7) is 4.21. The monoisotopic (exact) mass is 792 g/mol. The zero-order valence-corrected chi connectivity index (χ0v) is 38.0. The molecule has 5 heteroatoms.